The number of amides is 2. The van der Waals surface area contributed by atoms with Gasteiger partial charge in [-0.2, -0.15) is 0 Å². The highest BCUT2D eigenvalue weighted by Gasteiger charge is 2.22. The van der Waals surface area contributed by atoms with E-state index in [0.717, 1.165) is 31.4 Å². The molecule has 1 aliphatic heterocycles. The topological polar surface area (TPSA) is 71.4 Å². The zero-order valence-corrected chi connectivity index (χ0v) is 14.5. The van der Waals surface area contributed by atoms with Crippen molar-refractivity contribution >= 4 is 28.5 Å². The molecule has 0 aliphatic carbocycles. The number of nitrogens with zero attached hydrogens (tertiary/aromatic N) is 2. The summed E-state index contributed by atoms with van der Waals surface area (Å²) in [6.45, 7) is 1.77. The minimum Gasteiger partial charge on any atom is -0.352 e. The van der Waals surface area contributed by atoms with Crippen molar-refractivity contribution in [2.45, 2.75) is 32.2 Å². The summed E-state index contributed by atoms with van der Waals surface area (Å²) in [7, 11) is 1.43. The van der Waals surface area contributed by atoms with Crippen molar-refractivity contribution in [3.8, 4) is 0 Å². The molecule has 0 radical (unpaired) electrons. The predicted octanol–water partition coefficient (Wildman–Crippen LogP) is 1.97. The smallest absolute Gasteiger partial charge is 0.292 e. The Balaban J connectivity index is 1.90. The average Bonchev–Trinajstić information content (AvgIpc) is 2.82. The zero-order chi connectivity index (χ0) is 17.8. The van der Waals surface area contributed by atoms with Gasteiger partial charge in [-0.3, -0.25) is 14.4 Å². The standard InChI is InChI=1S/C19H23N3O3/c1-20-19(25)18(24)15-12-22(16-9-5-4-8-14(15)16)13-17(23)21-10-6-2-3-7-11-21/h4-5,8-9,12H,2-3,6-7,10-11,13H2,1H3,(H,20,25). The number of nitrogens with one attached hydrogen (secondary N) is 1. The highest BCUT2D eigenvalue weighted by molar-refractivity contribution is 6.44. The van der Waals surface area contributed by atoms with Gasteiger partial charge in [-0.05, 0) is 18.9 Å². The number of Topliss-reactive ketones (excluding diaryl/α,β-unsaturated/α-hetero) is 1. The Morgan fingerprint density at radius 3 is 2.40 bits per heavy atom. The van der Waals surface area contributed by atoms with Gasteiger partial charge in [0.1, 0.15) is 6.54 Å². The summed E-state index contributed by atoms with van der Waals surface area (Å²) < 4.78 is 1.78. The fourth-order valence-corrected chi connectivity index (χ4v) is 3.36. The lowest BCUT2D eigenvalue weighted by Crippen LogP contribution is -2.34. The maximum absolute atomic E-state index is 12.7. The Labute approximate surface area is 146 Å². The monoisotopic (exact) mass is 341 g/mol. The third kappa shape index (κ3) is 3.57. The SMILES string of the molecule is CNC(=O)C(=O)c1cn(CC(=O)N2CCCCCC2)c2ccccc12. The Kier molecular flexibility index (Phi) is 5.16. The van der Waals surface area contributed by atoms with Crippen LogP contribution >= 0.6 is 0 Å². The molecule has 0 saturated carbocycles. The number of benzene rings is 1. The summed E-state index contributed by atoms with van der Waals surface area (Å²) in [5.74, 6) is -1.18. The minimum absolute atomic E-state index is 0.0570. The summed E-state index contributed by atoms with van der Waals surface area (Å²) in [5, 5.41) is 3.06. The van der Waals surface area contributed by atoms with Crippen molar-refractivity contribution in [3.63, 3.8) is 0 Å². The third-order valence-corrected chi connectivity index (χ3v) is 4.73. The van der Waals surface area contributed by atoms with Crippen LogP contribution in [0.4, 0.5) is 0 Å². The van der Waals surface area contributed by atoms with E-state index < -0.39 is 11.7 Å². The van der Waals surface area contributed by atoms with E-state index in [-0.39, 0.29) is 12.5 Å². The van der Waals surface area contributed by atoms with Crippen molar-refractivity contribution < 1.29 is 14.4 Å². The largest absolute Gasteiger partial charge is 0.352 e. The fourth-order valence-electron chi connectivity index (χ4n) is 3.36. The molecule has 0 spiro atoms. The molecule has 2 heterocycles. The highest BCUT2D eigenvalue weighted by atomic mass is 16.2. The molecule has 6 heteroatoms. The van der Waals surface area contributed by atoms with Crippen LogP contribution in [0.3, 0.4) is 0 Å². The molecule has 6 nitrogen and oxygen atoms in total. The van der Waals surface area contributed by atoms with Crippen molar-refractivity contribution in [2.75, 3.05) is 20.1 Å². The van der Waals surface area contributed by atoms with E-state index in [9.17, 15) is 14.4 Å². The number of carbonyl (C=O) groups is 3. The molecular formula is C19H23N3O3. The normalized spacial score (nSPS) is 15.0. The summed E-state index contributed by atoms with van der Waals surface area (Å²) in [4.78, 5) is 38.6. The van der Waals surface area contributed by atoms with Crippen molar-refractivity contribution in [1.82, 2.24) is 14.8 Å². The Morgan fingerprint density at radius 1 is 1.04 bits per heavy atom. The first-order chi connectivity index (χ1) is 12.1. The lowest BCUT2D eigenvalue weighted by atomic mass is 10.1. The number of carbonyl (C=O) groups excluding carboxylic acids is 3. The maximum Gasteiger partial charge on any atom is 0.292 e. The van der Waals surface area contributed by atoms with Gasteiger partial charge < -0.3 is 14.8 Å². The van der Waals surface area contributed by atoms with E-state index in [1.54, 1.807) is 16.8 Å². The number of hydrogen-bond acceptors (Lipinski definition) is 3. The van der Waals surface area contributed by atoms with E-state index >= 15 is 0 Å². The molecule has 25 heavy (non-hydrogen) atoms. The number of hydrogen-bond donors (Lipinski definition) is 1. The van der Waals surface area contributed by atoms with Crippen molar-refractivity contribution in [3.05, 3.63) is 36.0 Å². The number of fused-ring (bicyclic) bond motifs is 1. The average molecular weight is 341 g/mol. The number of aromatic nitrogens is 1. The van der Waals surface area contributed by atoms with Crippen LogP contribution in [0.25, 0.3) is 10.9 Å². The Morgan fingerprint density at radius 2 is 1.72 bits per heavy atom. The maximum atomic E-state index is 12.7. The molecule has 1 fully saturated rings. The van der Waals surface area contributed by atoms with Gasteiger partial charge in [-0.15, -0.1) is 0 Å². The fraction of sp³-hybridized carbons (Fsp3) is 0.421. The van der Waals surface area contributed by atoms with E-state index in [2.05, 4.69) is 5.32 Å². The van der Waals surface area contributed by atoms with Gasteiger partial charge in [0, 0.05) is 37.2 Å². The molecule has 1 saturated heterocycles. The second-order valence-electron chi connectivity index (χ2n) is 6.39. The molecule has 2 aromatic rings. The van der Waals surface area contributed by atoms with Gasteiger partial charge in [0.2, 0.25) is 5.91 Å². The van der Waals surface area contributed by atoms with Crippen LogP contribution in [0.2, 0.25) is 0 Å². The van der Waals surface area contributed by atoms with Gasteiger partial charge in [0.05, 0.1) is 5.56 Å². The molecule has 1 aromatic heterocycles. The third-order valence-electron chi connectivity index (χ3n) is 4.73. The van der Waals surface area contributed by atoms with Crippen LogP contribution in [0.5, 0.6) is 0 Å². The van der Waals surface area contributed by atoms with Crippen molar-refractivity contribution in [2.24, 2.45) is 0 Å². The van der Waals surface area contributed by atoms with Crippen LogP contribution in [0.1, 0.15) is 36.0 Å². The molecule has 132 valence electrons. The second kappa shape index (κ2) is 7.51. The van der Waals surface area contributed by atoms with Crippen LogP contribution in [-0.2, 0) is 16.1 Å². The van der Waals surface area contributed by atoms with Crippen LogP contribution < -0.4 is 5.32 Å². The van der Waals surface area contributed by atoms with Gasteiger partial charge in [-0.25, -0.2) is 0 Å². The van der Waals surface area contributed by atoms with E-state index in [4.69, 9.17) is 0 Å². The van der Waals surface area contributed by atoms with Gasteiger partial charge in [0.25, 0.3) is 11.7 Å². The Hall–Kier alpha value is -2.63. The molecule has 1 aliphatic rings. The molecule has 0 bridgehead atoms. The number of likely N-dealkylation sites (tertiary alicyclic amines) is 1. The van der Waals surface area contributed by atoms with E-state index in [0.29, 0.717) is 10.9 Å². The van der Waals surface area contributed by atoms with Crippen molar-refractivity contribution in [1.29, 1.82) is 0 Å². The van der Waals surface area contributed by atoms with Crippen LogP contribution in [0, 0.1) is 0 Å². The Bertz CT molecular complexity index is 801. The first kappa shape index (κ1) is 17.2. The summed E-state index contributed by atoms with van der Waals surface area (Å²) in [5.41, 5.74) is 1.12. The molecule has 0 unspecified atom stereocenters. The lowest BCUT2D eigenvalue weighted by molar-refractivity contribution is -0.131. The molecule has 2 amide bonds. The second-order valence-corrected chi connectivity index (χ2v) is 6.39. The number of ketones is 1. The van der Waals surface area contributed by atoms with E-state index in [1.807, 2.05) is 23.1 Å². The summed E-state index contributed by atoms with van der Waals surface area (Å²) in [6, 6.07) is 7.36. The van der Waals surface area contributed by atoms with E-state index in [1.165, 1.54) is 19.9 Å². The minimum atomic E-state index is -0.651. The number of likely N-dealkylation sites (N-methyl/N-ethyl adjacent to an activating group) is 1. The molecule has 3 rings (SSSR count). The molecule has 1 aromatic carbocycles. The summed E-state index contributed by atoms with van der Waals surface area (Å²) >= 11 is 0. The lowest BCUT2D eigenvalue weighted by Gasteiger charge is -2.20. The zero-order valence-electron chi connectivity index (χ0n) is 14.5. The summed E-state index contributed by atoms with van der Waals surface area (Å²) in [6.07, 6.45) is 6.04. The van der Waals surface area contributed by atoms with Gasteiger partial charge in [-0.1, -0.05) is 31.0 Å². The molecule has 0 atom stereocenters. The predicted molar refractivity (Wildman–Crippen MR) is 95.4 cm³/mol. The number of para-hydroxylation sites is 1. The molecule has 1 N–H and O–H groups in total. The number of rotatable bonds is 4. The first-order valence-corrected chi connectivity index (χ1v) is 8.74. The van der Waals surface area contributed by atoms with Crippen LogP contribution in [0.15, 0.2) is 30.5 Å². The van der Waals surface area contributed by atoms with Crippen LogP contribution in [-0.4, -0.2) is 47.2 Å². The molecular weight excluding hydrogens is 318 g/mol. The first-order valence-electron chi connectivity index (χ1n) is 8.74. The van der Waals surface area contributed by atoms with Gasteiger partial charge >= 0.3 is 0 Å². The van der Waals surface area contributed by atoms with Gasteiger partial charge in [0.15, 0.2) is 0 Å². The highest BCUT2D eigenvalue weighted by Crippen LogP contribution is 2.22. The quantitative estimate of drug-likeness (QED) is 0.683.